The molecule has 1 saturated heterocycles. The van der Waals surface area contributed by atoms with Gasteiger partial charge in [0.05, 0.1) is 6.04 Å². The van der Waals surface area contributed by atoms with Gasteiger partial charge in [0.15, 0.2) is 0 Å². The molecule has 7 N–H and O–H groups in total. The summed E-state index contributed by atoms with van der Waals surface area (Å²) in [5.74, 6) is -2.69. The lowest BCUT2D eigenvalue weighted by atomic mass is 9.80. The molecular formula is C36H58N6O6S. The van der Waals surface area contributed by atoms with Crippen molar-refractivity contribution in [1.29, 1.82) is 0 Å². The average molecular weight is 703 g/mol. The Morgan fingerprint density at radius 3 is 2.14 bits per heavy atom. The number of ketones is 1. The number of hydrogen-bond acceptors (Lipinski definition) is 8. The molecule has 13 heteroatoms. The van der Waals surface area contributed by atoms with Crippen molar-refractivity contribution in [3.63, 3.8) is 0 Å². The van der Waals surface area contributed by atoms with E-state index in [1.54, 1.807) is 0 Å². The van der Waals surface area contributed by atoms with Crippen LogP contribution in [-0.4, -0.2) is 76.2 Å². The van der Waals surface area contributed by atoms with E-state index in [-0.39, 0.29) is 35.1 Å². The number of nitrogens with one attached hydrogen (secondary N) is 4. The zero-order valence-electron chi connectivity index (χ0n) is 30.4. The largest absolute Gasteiger partial charge is 0.363 e. The third-order valence-corrected chi connectivity index (χ3v) is 10.6. The van der Waals surface area contributed by atoms with Crippen molar-refractivity contribution >= 4 is 41.6 Å². The van der Waals surface area contributed by atoms with Crippen LogP contribution in [0.25, 0.3) is 0 Å². The predicted molar refractivity (Wildman–Crippen MR) is 191 cm³/mol. The van der Waals surface area contributed by atoms with Crippen LogP contribution in [0.3, 0.4) is 0 Å². The molecule has 1 aliphatic heterocycles. The van der Waals surface area contributed by atoms with E-state index in [9.17, 15) is 28.5 Å². The minimum Gasteiger partial charge on any atom is -0.363 e. The highest BCUT2D eigenvalue weighted by Crippen LogP contribution is 2.35. The van der Waals surface area contributed by atoms with E-state index in [0.717, 1.165) is 29.7 Å². The zero-order chi connectivity index (χ0) is 36.7. The number of nitrogens with two attached hydrogens (primary N) is 1. The number of carbonyl (C=O) groups is 5. The Morgan fingerprint density at radius 1 is 0.959 bits per heavy atom. The van der Waals surface area contributed by atoms with Crippen LogP contribution in [0.5, 0.6) is 0 Å². The highest BCUT2D eigenvalue weighted by atomic mass is 32.2. The van der Waals surface area contributed by atoms with Gasteiger partial charge < -0.3 is 36.5 Å². The van der Waals surface area contributed by atoms with E-state index in [1.807, 2.05) is 79.7 Å². The minimum atomic E-state index is -1.09. The number of nitrogens with zero attached hydrogens (tertiary/aromatic N) is 1. The molecule has 1 saturated carbocycles. The molecule has 2 fully saturated rings. The van der Waals surface area contributed by atoms with E-state index < -0.39 is 47.2 Å². The molecule has 0 aromatic heterocycles. The number of rotatable bonds is 15. The van der Waals surface area contributed by atoms with Crippen LogP contribution in [0.15, 0.2) is 29.2 Å². The minimum absolute atomic E-state index is 0.0535. The molecule has 5 atom stereocenters. The first-order chi connectivity index (χ1) is 22.8. The van der Waals surface area contributed by atoms with E-state index in [2.05, 4.69) is 21.3 Å². The normalized spacial score (nSPS) is 20.2. The number of hydrogen-bond donors (Lipinski definition) is 6. The third-order valence-electron chi connectivity index (χ3n) is 10.00. The van der Waals surface area contributed by atoms with E-state index in [4.69, 9.17) is 5.73 Å². The van der Waals surface area contributed by atoms with Gasteiger partial charge in [0.2, 0.25) is 17.6 Å². The van der Waals surface area contributed by atoms with Crippen LogP contribution >= 0.6 is 12.0 Å². The van der Waals surface area contributed by atoms with E-state index >= 15 is 0 Å². The van der Waals surface area contributed by atoms with Gasteiger partial charge in [-0.3, -0.25) is 19.2 Å². The van der Waals surface area contributed by atoms with Gasteiger partial charge in [-0.15, -0.1) is 0 Å². The van der Waals surface area contributed by atoms with Gasteiger partial charge in [-0.25, -0.2) is 4.79 Å². The van der Waals surface area contributed by atoms with Crippen LogP contribution in [0, 0.1) is 28.6 Å². The van der Waals surface area contributed by atoms with E-state index in [1.165, 1.54) is 4.90 Å². The third kappa shape index (κ3) is 10.9. The molecule has 0 bridgehead atoms. The maximum atomic E-state index is 14.4. The van der Waals surface area contributed by atoms with Crippen LogP contribution in [0.4, 0.5) is 4.79 Å². The summed E-state index contributed by atoms with van der Waals surface area (Å²) in [5.41, 5.74) is 5.24. The first kappa shape index (κ1) is 40.3. The van der Waals surface area contributed by atoms with Crippen molar-refractivity contribution in [2.24, 2.45) is 34.3 Å². The molecule has 49 heavy (non-hydrogen) atoms. The fourth-order valence-corrected chi connectivity index (χ4v) is 7.03. The molecule has 1 aliphatic carbocycles. The molecule has 3 rings (SSSR count). The van der Waals surface area contributed by atoms with Gasteiger partial charge in [0.1, 0.15) is 12.1 Å². The first-order valence-electron chi connectivity index (χ1n) is 17.5. The molecule has 12 nitrogen and oxygen atoms in total. The molecule has 0 radical (unpaired) electrons. The van der Waals surface area contributed by atoms with Crippen molar-refractivity contribution in [1.82, 2.24) is 26.2 Å². The van der Waals surface area contributed by atoms with Gasteiger partial charge >= 0.3 is 6.03 Å². The van der Waals surface area contributed by atoms with Crippen molar-refractivity contribution in [3.05, 3.63) is 29.8 Å². The molecule has 1 heterocycles. The lowest BCUT2D eigenvalue weighted by molar-refractivity contribution is -0.144. The summed E-state index contributed by atoms with van der Waals surface area (Å²) in [6, 6.07) is 3.82. The molecule has 0 spiro atoms. The van der Waals surface area contributed by atoms with Gasteiger partial charge in [-0.05, 0) is 53.1 Å². The number of Topliss-reactive ketones (excluding diaryl/α,β-unsaturated/α-hetero) is 1. The first-order valence-corrected chi connectivity index (χ1v) is 18.2. The summed E-state index contributed by atoms with van der Waals surface area (Å²) >= 11 is 0.692. The predicted octanol–water partition coefficient (Wildman–Crippen LogP) is 4.07. The Balaban J connectivity index is 1.77. The summed E-state index contributed by atoms with van der Waals surface area (Å²) in [4.78, 5) is 68.8. The summed E-state index contributed by atoms with van der Waals surface area (Å²) in [5, 5.41) is 12.2. The van der Waals surface area contributed by atoms with Crippen molar-refractivity contribution in [2.45, 2.75) is 123 Å². The summed E-state index contributed by atoms with van der Waals surface area (Å²) in [6.07, 6.45) is 3.80. The van der Waals surface area contributed by atoms with Gasteiger partial charge in [0.25, 0.3) is 5.91 Å². The number of likely N-dealkylation sites (tertiary alicyclic amines) is 1. The topological polar surface area (TPSA) is 183 Å². The number of benzene rings is 1. The number of carbonyl (C=O) groups excluding carboxylic acids is 5. The summed E-state index contributed by atoms with van der Waals surface area (Å²) in [7, 11) is 0. The lowest BCUT2D eigenvalue weighted by Crippen LogP contribution is -2.62. The highest BCUT2D eigenvalue weighted by molar-refractivity contribution is 7.93. The average Bonchev–Trinajstić information content (AvgIpc) is 3.45. The zero-order valence-corrected chi connectivity index (χ0v) is 31.2. The van der Waals surface area contributed by atoms with Crippen molar-refractivity contribution in [2.75, 3.05) is 13.1 Å². The second-order valence-electron chi connectivity index (χ2n) is 16.2. The van der Waals surface area contributed by atoms with Crippen LogP contribution < -0.4 is 27.0 Å². The SMILES string of the molecule is CC(C)[C@H]1CCN(C(=O)[C@@H](NC(=O)N[C@H](CNCc2ccccc2SO)C(C)(C)C)C(C)(C)C)[C@@H]1C(=O)NC(CC1CCC1)C(=O)C(N)=O. The second kappa shape index (κ2) is 17.2. The quantitative estimate of drug-likeness (QED) is 0.117. The van der Waals surface area contributed by atoms with Crippen molar-refractivity contribution < 1.29 is 28.5 Å². The van der Waals surface area contributed by atoms with Gasteiger partial charge in [-0.1, -0.05) is 92.9 Å². The van der Waals surface area contributed by atoms with Crippen LogP contribution in [0.2, 0.25) is 0 Å². The maximum absolute atomic E-state index is 14.4. The fraction of sp³-hybridized carbons (Fsp3) is 0.694. The summed E-state index contributed by atoms with van der Waals surface area (Å²) in [6.45, 7) is 16.9. The Morgan fingerprint density at radius 2 is 1.61 bits per heavy atom. The Bertz CT molecular complexity index is 1340. The Kier molecular flexibility index (Phi) is 14.1. The molecule has 1 unspecified atom stereocenters. The van der Waals surface area contributed by atoms with Crippen LogP contribution in [0.1, 0.15) is 93.1 Å². The van der Waals surface area contributed by atoms with Gasteiger partial charge in [0, 0.05) is 42.6 Å². The van der Waals surface area contributed by atoms with Crippen LogP contribution in [-0.2, 0) is 25.7 Å². The molecule has 2 aliphatic rings. The molecular weight excluding hydrogens is 644 g/mol. The van der Waals surface area contributed by atoms with Crippen molar-refractivity contribution in [3.8, 4) is 0 Å². The van der Waals surface area contributed by atoms with E-state index in [0.29, 0.717) is 44.5 Å². The smallest absolute Gasteiger partial charge is 0.315 e. The lowest BCUT2D eigenvalue weighted by Gasteiger charge is -2.38. The maximum Gasteiger partial charge on any atom is 0.315 e. The fourth-order valence-electron chi connectivity index (χ4n) is 6.63. The number of urea groups is 1. The summed E-state index contributed by atoms with van der Waals surface area (Å²) < 4.78 is 9.60. The molecule has 1 aromatic carbocycles. The number of amides is 5. The monoisotopic (exact) mass is 702 g/mol. The standard InChI is InChI=1S/C36H58N6O6S/c1-21(2)24-16-17-42(28(24)32(45)39-25(29(43)31(37)44)18-22-12-11-13-22)33(46)30(36(6,7)8)41-34(47)40-27(35(3,4)5)20-38-19-23-14-9-10-15-26(23)49-48/h9-10,14-15,21-22,24-25,27-28,30,38,48H,11-13,16-20H2,1-8H3,(H2,37,44)(H,39,45)(H2,40,41,47)/t24-,25?,27-,28+,30-/m1/s1. The van der Waals surface area contributed by atoms with Gasteiger partial charge in [-0.2, -0.15) is 0 Å². The molecule has 5 amide bonds. The number of primary amides is 1. The Hall–Kier alpha value is -3.16. The highest BCUT2D eigenvalue weighted by Gasteiger charge is 2.48. The molecule has 1 aromatic rings. The second-order valence-corrected chi connectivity index (χ2v) is 16.8. The molecule has 274 valence electrons. The Labute approximate surface area is 296 Å².